The number of carbonyl (C=O) groups excluding carboxylic acids is 2. The molecule has 36 heavy (non-hydrogen) atoms. The molecule has 3 heterocycles. The van der Waals surface area contributed by atoms with E-state index in [1.165, 1.54) is 18.5 Å². The van der Waals surface area contributed by atoms with Crippen molar-refractivity contribution in [2.24, 2.45) is 9.98 Å². The van der Waals surface area contributed by atoms with E-state index in [9.17, 15) is 9.59 Å². The van der Waals surface area contributed by atoms with Crippen LogP contribution in [0, 0.1) is 0 Å². The van der Waals surface area contributed by atoms with E-state index in [4.69, 9.17) is 0 Å². The molecule has 4 N–H and O–H groups in total. The topological polar surface area (TPSA) is 120 Å². The lowest BCUT2D eigenvalue weighted by Crippen LogP contribution is -2.19. The summed E-state index contributed by atoms with van der Waals surface area (Å²) in [5, 5.41) is 12.1. The lowest BCUT2D eigenvalue weighted by atomic mass is 10.1. The summed E-state index contributed by atoms with van der Waals surface area (Å²) in [6.45, 7) is 3.21. The average Bonchev–Trinajstić information content (AvgIpc) is 3.60. The highest BCUT2D eigenvalue weighted by Gasteiger charge is 2.14. The smallest absolute Gasteiger partial charge is 0.257 e. The highest BCUT2D eigenvalue weighted by molar-refractivity contribution is 6.09. The number of nitrogens with zero attached hydrogens (tertiary/aromatic N) is 3. The van der Waals surface area contributed by atoms with Crippen molar-refractivity contribution in [3.8, 4) is 0 Å². The van der Waals surface area contributed by atoms with Gasteiger partial charge in [0.1, 0.15) is 11.7 Å². The zero-order chi connectivity index (χ0) is 23.3. The Morgan fingerprint density at radius 2 is 1.08 bits per heavy atom. The number of aliphatic imine (C=N–C) groups is 2. The number of amidine groups is 2. The van der Waals surface area contributed by atoms with Crippen LogP contribution < -0.4 is 21.3 Å². The lowest BCUT2D eigenvalue weighted by molar-refractivity contribution is 0.102. The molecule has 2 aromatic carbocycles. The van der Waals surface area contributed by atoms with E-state index < -0.39 is 0 Å². The number of hydrogen-bond donors (Lipinski definition) is 4. The van der Waals surface area contributed by atoms with E-state index in [1.54, 1.807) is 0 Å². The predicted octanol–water partition coefficient (Wildman–Crippen LogP) is 3.13. The number of aromatic nitrogens is 1. The first-order chi connectivity index (χ1) is 16.7. The van der Waals surface area contributed by atoms with Gasteiger partial charge in [-0.3, -0.25) is 24.6 Å². The predicted molar refractivity (Wildman–Crippen MR) is 146 cm³/mol. The minimum absolute atomic E-state index is 0. The summed E-state index contributed by atoms with van der Waals surface area (Å²) >= 11 is 0. The van der Waals surface area contributed by atoms with Crippen LogP contribution in [0.15, 0.2) is 77.0 Å². The minimum atomic E-state index is -0.347. The Hall–Kier alpha value is -3.95. The number of amides is 2. The van der Waals surface area contributed by atoms with E-state index in [0.29, 0.717) is 22.5 Å². The Morgan fingerprint density at radius 3 is 1.44 bits per heavy atom. The second kappa shape index (κ2) is 12.1. The summed E-state index contributed by atoms with van der Waals surface area (Å²) in [6, 6.07) is 16.4. The second-order valence-electron chi connectivity index (χ2n) is 7.84. The van der Waals surface area contributed by atoms with Gasteiger partial charge in [-0.15, -0.1) is 24.8 Å². The molecule has 9 nitrogen and oxygen atoms in total. The van der Waals surface area contributed by atoms with Crippen molar-refractivity contribution in [2.45, 2.75) is 0 Å². The average molecular weight is 526 g/mol. The molecule has 5 rings (SSSR count). The fourth-order valence-corrected chi connectivity index (χ4v) is 3.70. The first-order valence-electron chi connectivity index (χ1n) is 11.0. The number of anilines is 2. The summed E-state index contributed by atoms with van der Waals surface area (Å²) < 4.78 is 0. The third-order valence-electron chi connectivity index (χ3n) is 5.44. The van der Waals surface area contributed by atoms with Crippen LogP contribution in [-0.4, -0.2) is 54.6 Å². The fraction of sp³-hybridized carbons (Fsp3) is 0.160. The molecule has 0 saturated heterocycles. The van der Waals surface area contributed by atoms with Crippen molar-refractivity contribution in [2.75, 3.05) is 36.8 Å². The highest BCUT2D eigenvalue weighted by atomic mass is 35.5. The maximum absolute atomic E-state index is 12.7. The van der Waals surface area contributed by atoms with Crippen LogP contribution in [0.2, 0.25) is 0 Å². The first-order valence-corrected chi connectivity index (χ1v) is 11.0. The molecule has 0 saturated carbocycles. The molecule has 11 heteroatoms. The maximum Gasteiger partial charge on any atom is 0.257 e. The Labute approximate surface area is 220 Å². The van der Waals surface area contributed by atoms with Crippen LogP contribution in [0.3, 0.4) is 0 Å². The van der Waals surface area contributed by atoms with Crippen molar-refractivity contribution >= 4 is 59.7 Å². The molecule has 0 aliphatic carbocycles. The number of benzene rings is 2. The number of carbonyl (C=O) groups is 2. The Morgan fingerprint density at radius 1 is 0.667 bits per heavy atom. The summed E-state index contributed by atoms with van der Waals surface area (Å²) in [6.07, 6.45) is 2.86. The SMILES string of the molecule is Cl.Cl.O=C(Nc1ccc(C2=NCCN2)cc1)c1cncc(C(=O)Nc2ccc(C3=NCCN3)cc2)c1. The second-order valence-corrected chi connectivity index (χ2v) is 7.84. The van der Waals surface area contributed by atoms with Crippen molar-refractivity contribution in [1.29, 1.82) is 0 Å². The molecule has 0 unspecified atom stereocenters. The van der Waals surface area contributed by atoms with Crippen LogP contribution >= 0.6 is 24.8 Å². The van der Waals surface area contributed by atoms with Gasteiger partial charge in [0.2, 0.25) is 0 Å². The van der Waals surface area contributed by atoms with Gasteiger partial charge < -0.3 is 21.3 Å². The van der Waals surface area contributed by atoms with Crippen molar-refractivity contribution in [3.63, 3.8) is 0 Å². The zero-order valence-electron chi connectivity index (χ0n) is 19.2. The van der Waals surface area contributed by atoms with E-state index in [1.807, 2.05) is 48.5 Å². The van der Waals surface area contributed by atoms with Crippen molar-refractivity contribution < 1.29 is 9.59 Å². The molecule has 0 bridgehead atoms. The number of hydrogen-bond acceptors (Lipinski definition) is 7. The number of halogens is 2. The summed E-state index contributed by atoms with van der Waals surface area (Å²) in [5.74, 6) is 1.03. The monoisotopic (exact) mass is 525 g/mol. The maximum atomic E-state index is 12.7. The van der Waals surface area contributed by atoms with Gasteiger partial charge in [0.05, 0.1) is 24.2 Å². The molecule has 0 fully saturated rings. The Balaban J connectivity index is 0.00000180. The van der Waals surface area contributed by atoms with Crippen LogP contribution in [0.4, 0.5) is 11.4 Å². The Kier molecular flexibility index (Phi) is 8.99. The first kappa shape index (κ1) is 26.7. The van der Waals surface area contributed by atoms with Crippen LogP contribution in [-0.2, 0) is 0 Å². The largest absolute Gasteiger partial charge is 0.368 e. The summed E-state index contributed by atoms with van der Waals surface area (Å²) in [7, 11) is 0. The molecule has 1 aromatic heterocycles. The van der Waals surface area contributed by atoms with Gasteiger partial charge in [-0.1, -0.05) is 0 Å². The van der Waals surface area contributed by atoms with E-state index in [0.717, 1.165) is 49.0 Å². The normalized spacial score (nSPS) is 13.7. The van der Waals surface area contributed by atoms with Gasteiger partial charge in [0.25, 0.3) is 11.8 Å². The molecule has 2 aliphatic heterocycles. The highest BCUT2D eigenvalue weighted by Crippen LogP contribution is 2.15. The van der Waals surface area contributed by atoms with Gasteiger partial charge in [0.15, 0.2) is 0 Å². The number of rotatable bonds is 6. The molecule has 3 aromatic rings. The van der Waals surface area contributed by atoms with E-state index in [2.05, 4.69) is 36.2 Å². The standard InChI is InChI=1S/C25H23N7O2.2ClH/c33-24(31-20-5-1-16(2-6-20)22-27-9-10-28-22)18-13-19(15-26-14-18)25(34)32-21-7-3-17(4-8-21)23-29-11-12-30-23;;/h1-8,13-15H,9-12H2,(H,27,28)(H,29,30)(H,31,33)(H,32,34);2*1H. The molecule has 2 amide bonds. The fourth-order valence-electron chi connectivity index (χ4n) is 3.70. The molecule has 2 aliphatic rings. The molecular weight excluding hydrogens is 501 g/mol. The van der Waals surface area contributed by atoms with Gasteiger partial charge in [-0.05, 0) is 54.6 Å². The van der Waals surface area contributed by atoms with E-state index >= 15 is 0 Å². The van der Waals surface area contributed by atoms with Gasteiger partial charge in [-0.25, -0.2) is 0 Å². The molecule has 186 valence electrons. The molecule has 0 spiro atoms. The van der Waals surface area contributed by atoms with Gasteiger partial charge in [-0.2, -0.15) is 0 Å². The Bertz CT molecular complexity index is 1200. The third-order valence-corrected chi connectivity index (χ3v) is 5.44. The summed E-state index contributed by atoms with van der Waals surface area (Å²) in [4.78, 5) is 38.3. The zero-order valence-corrected chi connectivity index (χ0v) is 20.8. The number of nitrogens with one attached hydrogen (secondary N) is 4. The van der Waals surface area contributed by atoms with Crippen molar-refractivity contribution in [1.82, 2.24) is 15.6 Å². The van der Waals surface area contributed by atoms with Crippen LogP contribution in [0.1, 0.15) is 31.8 Å². The molecule has 0 radical (unpaired) electrons. The van der Waals surface area contributed by atoms with Crippen LogP contribution in [0.5, 0.6) is 0 Å². The van der Waals surface area contributed by atoms with Gasteiger partial charge >= 0.3 is 0 Å². The van der Waals surface area contributed by atoms with Gasteiger partial charge in [0, 0.05) is 48.0 Å². The molecule has 0 atom stereocenters. The molecular formula is C25H25Cl2N7O2. The minimum Gasteiger partial charge on any atom is -0.368 e. The number of pyridine rings is 1. The van der Waals surface area contributed by atoms with Crippen molar-refractivity contribution in [3.05, 3.63) is 89.2 Å². The third kappa shape index (κ3) is 6.18. The summed E-state index contributed by atoms with van der Waals surface area (Å²) in [5.41, 5.74) is 3.80. The quantitative estimate of drug-likeness (QED) is 0.394. The lowest BCUT2D eigenvalue weighted by Gasteiger charge is -2.09. The van der Waals surface area contributed by atoms with E-state index in [-0.39, 0.29) is 36.6 Å². The van der Waals surface area contributed by atoms with Crippen LogP contribution in [0.25, 0.3) is 0 Å².